The first-order chi connectivity index (χ1) is 12.7. The normalized spacial score (nSPS) is 13.8. The monoisotopic (exact) mass is 350 g/mol. The second kappa shape index (κ2) is 9.13. The molecule has 1 heterocycles. The third-order valence-electron chi connectivity index (χ3n) is 4.66. The van der Waals surface area contributed by atoms with Crippen molar-refractivity contribution in [2.75, 3.05) is 17.2 Å². The van der Waals surface area contributed by atoms with Crippen LogP contribution in [-0.4, -0.2) is 22.4 Å². The van der Waals surface area contributed by atoms with Gasteiger partial charge in [-0.2, -0.15) is 0 Å². The van der Waals surface area contributed by atoms with Gasteiger partial charge in [0.05, 0.1) is 0 Å². The number of aryl methyl sites for hydroxylation is 1. The second-order valence-electron chi connectivity index (χ2n) is 6.58. The summed E-state index contributed by atoms with van der Waals surface area (Å²) in [6.45, 7) is 2.93. The van der Waals surface area contributed by atoms with Gasteiger partial charge in [-0.25, -0.2) is 9.97 Å². The fourth-order valence-electron chi connectivity index (χ4n) is 3.08. The Morgan fingerprint density at radius 1 is 1.15 bits per heavy atom. The largest absolute Gasteiger partial charge is 0.370 e. The Morgan fingerprint density at radius 2 is 2.00 bits per heavy atom. The minimum Gasteiger partial charge on any atom is -0.370 e. The van der Waals surface area contributed by atoms with Gasteiger partial charge in [-0.3, -0.25) is 4.79 Å². The van der Waals surface area contributed by atoms with Crippen LogP contribution in [0, 0.1) is 0 Å². The maximum atomic E-state index is 12.4. The van der Waals surface area contributed by atoms with Crippen molar-refractivity contribution in [2.24, 2.45) is 0 Å². The summed E-state index contributed by atoms with van der Waals surface area (Å²) in [4.78, 5) is 20.7. The van der Waals surface area contributed by atoms with Crippen molar-refractivity contribution in [1.29, 1.82) is 0 Å². The second-order valence-corrected chi connectivity index (χ2v) is 6.58. The zero-order valence-corrected chi connectivity index (χ0v) is 15.3. The van der Waals surface area contributed by atoms with Gasteiger partial charge in [0.15, 0.2) is 0 Å². The minimum absolute atomic E-state index is 0.227. The standard InChI is InChI=1S/C21H26N4O/c1-2-16-8-10-18(11-9-16)25-21(26)19-14-20(24-15-23-19)22-13-12-17-6-4-3-5-7-17/h6,8-11,14-15H,2-5,7,12-13H2,1H3,(H,25,26)(H,22,23,24). The Hall–Kier alpha value is -2.69. The van der Waals surface area contributed by atoms with Gasteiger partial charge in [0.2, 0.25) is 0 Å². The lowest BCUT2D eigenvalue weighted by atomic mass is 9.97. The summed E-state index contributed by atoms with van der Waals surface area (Å²) < 4.78 is 0. The van der Waals surface area contributed by atoms with Crippen LogP contribution >= 0.6 is 0 Å². The molecule has 136 valence electrons. The number of aromatic nitrogens is 2. The first-order valence-corrected chi connectivity index (χ1v) is 9.38. The summed E-state index contributed by atoms with van der Waals surface area (Å²) in [5.41, 5.74) is 3.89. The highest BCUT2D eigenvalue weighted by Gasteiger charge is 2.10. The Kier molecular flexibility index (Phi) is 6.36. The number of nitrogens with zero attached hydrogens (tertiary/aromatic N) is 2. The van der Waals surface area contributed by atoms with Gasteiger partial charge in [0.25, 0.3) is 5.91 Å². The van der Waals surface area contributed by atoms with Crippen molar-refractivity contribution in [3.63, 3.8) is 0 Å². The van der Waals surface area contributed by atoms with Crippen LogP contribution in [0.5, 0.6) is 0 Å². The molecule has 5 nitrogen and oxygen atoms in total. The molecule has 0 unspecified atom stereocenters. The number of hydrogen-bond donors (Lipinski definition) is 2. The quantitative estimate of drug-likeness (QED) is 0.717. The number of anilines is 2. The van der Waals surface area contributed by atoms with E-state index in [1.807, 2.05) is 24.3 Å². The van der Waals surface area contributed by atoms with E-state index in [-0.39, 0.29) is 5.91 Å². The number of rotatable bonds is 7. The molecule has 2 aromatic rings. The van der Waals surface area contributed by atoms with Crippen molar-refractivity contribution < 1.29 is 4.79 Å². The van der Waals surface area contributed by atoms with Gasteiger partial charge in [0, 0.05) is 18.3 Å². The molecule has 0 bridgehead atoms. The number of nitrogens with one attached hydrogen (secondary N) is 2. The van der Waals surface area contributed by atoms with Gasteiger partial charge < -0.3 is 10.6 Å². The van der Waals surface area contributed by atoms with E-state index in [0.29, 0.717) is 11.5 Å². The number of benzene rings is 1. The van der Waals surface area contributed by atoms with Crippen LogP contribution in [0.2, 0.25) is 0 Å². The number of carbonyl (C=O) groups excluding carboxylic acids is 1. The van der Waals surface area contributed by atoms with Gasteiger partial charge in [0.1, 0.15) is 17.8 Å². The van der Waals surface area contributed by atoms with Gasteiger partial charge in [-0.1, -0.05) is 30.7 Å². The van der Waals surface area contributed by atoms with E-state index < -0.39 is 0 Å². The van der Waals surface area contributed by atoms with Crippen LogP contribution in [0.1, 0.15) is 55.1 Å². The molecule has 5 heteroatoms. The molecule has 0 aliphatic heterocycles. The average Bonchev–Trinajstić information content (AvgIpc) is 2.69. The Morgan fingerprint density at radius 3 is 2.73 bits per heavy atom. The lowest BCUT2D eigenvalue weighted by Crippen LogP contribution is -2.15. The summed E-state index contributed by atoms with van der Waals surface area (Å²) in [6, 6.07) is 9.56. The summed E-state index contributed by atoms with van der Waals surface area (Å²) in [5, 5.41) is 6.17. The highest BCUT2D eigenvalue weighted by Crippen LogP contribution is 2.20. The molecule has 0 spiro atoms. The molecule has 1 aliphatic rings. The summed E-state index contributed by atoms with van der Waals surface area (Å²) >= 11 is 0. The van der Waals surface area contributed by atoms with Crippen LogP contribution in [0.4, 0.5) is 11.5 Å². The number of hydrogen-bond acceptors (Lipinski definition) is 4. The van der Waals surface area contributed by atoms with Crippen LogP contribution in [0.15, 0.2) is 48.3 Å². The zero-order valence-electron chi connectivity index (χ0n) is 15.3. The van der Waals surface area contributed by atoms with Crippen LogP contribution < -0.4 is 10.6 Å². The highest BCUT2D eigenvalue weighted by atomic mass is 16.1. The number of allylic oxidation sites excluding steroid dienone is 1. The van der Waals surface area contributed by atoms with Crippen molar-refractivity contribution in [3.8, 4) is 0 Å². The average molecular weight is 350 g/mol. The van der Waals surface area contributed by atoms with E-state index in [1.54, 1.807) is 6.07 Å². The maximum Gasteiger partial charge on any atom is 0.274 e. The van der Waals surface area contributed by atoms with E-state index in [2.05, 4.69) is 33.6 Å². The van der Waals surface area contributed by atoms with Crippen LogP contribution in [-0.2, 0) is 6.42 Å². The zero-order chi connectivity index (χ0) is 18.2. The first-order valence-electron chi connectivity index (χ1n) is 9.38. The van der Waals surface area contributed by atoms with Crippen molar-refractivity contribution in [2.45, 2.75) is 45.4 Å². The molecule has 0 saturated heterocycles. The smallest absolute Gasteiger partial charge is 0.274 e. The lowest BCUT2D eigenvalue weighted by molar-refractivity contribution is 0.102. The fourth-order valence-corrected chi connectivity index (χ4v) is 3.08. The molecule has 2 N–H and O–H groups in total. The molecule has 0 saturated carbocycles. The highest BCUT2D eigenvalue weighted by molar-refractivity contribution is 6.03. The predicted molar refractivity (Wildman–Crippen MR) is 105 cm³/mol. The molecule has 1 aromatic carbocycles. The fraction of sp³-hybridized carbons (Fsp3) is 0.381. The van der Waals surface area contributed by atoms with Crippen LogP contribution in [0.25, 0.3) is 0 Å². The summed E-state index contributed by atoms with van der Waals surface area (Å²) in [7, 11) is 0. The Balaban J connectivity index is 1.55. The third kappa shape index (κ3) is 5.15. The van der Waals surface area contributed by atoms with Crippen molar-refractivity contribution in [3.05, 3.63) is 59.6 Å². The van der Waals surface area contributed by atoms with E-state index in [9.17, 15) is 4.79 Å². The molecular weight excluding hydrogens is 324 g/mol. The molecule has 0 radical (unpaired) electrons. The summed E-state index contributed by atoms with van der Waals surface area (Å²) in [6.07, 6.45) is 10.8. The van der Waals surface area contributed by atoms with E-state index in [0.717, 1.165) is 25.1 Å². The molecule has 1 aliphatic carbocycles. The van der Waals surface area contributed by atoms with E-state index in [1.165, 1.54) is 43.1 Å². The molecular formula is C21H26N4O. The lowest BCUT2D eigenvalue weighted by Gasteiger charge is -2.13. The number of carbonyl (C=O) groups is 1. The van der Waals surface area contributed by atoms with E-state index in [4.69, 9.17) is 0 Å². The van der Waals surface area contributed by atoms with E-state index >= 15 is 0 Å². The number of amides is 1. The molecule has 0 fully saturated rings. The van der Waals surface area contributed by atoms with Gasteiger partial charge in [-0.05, 0) is 56.2 Å². The van der Waals surface area contributed by atoms with Crippen LogP contribution in [0.3, 0.4) is 0 Å². The van der Waals surface area contributed by atoms with Crippen molar-refractivity contribution >= 4 is 17.4 Å². The Bertz CT molecular complexity index is 768. The molecule has 1 amide bonds. The minimum atomic E-state index is -0.227. The predicted octanol–water partition coefficient (Wildman–Crippen LogP) is 4.59. The maximum absolute atomic E-state index is 12.4. The van der Waals surface area contributed by atoms with Gasteiger partial charge in [-0.15, -0.1) is 0 Å². The molecule has 26 heavy (non-hydrogen) atoms. The first kappa shape index (κ1) is 18.1. The molecule has 0 atom stereocenters. The third-order valence-corrected chi connectivity index (χ3v) is 4.66. The molecule has 3 rings (SSSR count). The van der Waals surface area contributed by atoms with Gasteiger partial charge >= 0.3 is 0 Å². The van der Waals surface area contributed by atoms with Crippen molar-refractivity contribution in [1.82, 2.24) is 9.97 Å². The summed E-state index contributed by atoms with van der Waals surface area (Å²) in [5.74, 6) is 0.456. The Labute approximate surface area is 155 Å². The molecule has 1 aromatic heterocycles. The topological polar surface area (TPSA) is 66.9 Å². The SMILES string of the molecule is CCc1ccc(NC(=O)c2cc(NCCC3=CCCCC3)ncn2)cc1.